The average molecular weight is 1830 g/mol. The van der Waals surface area contributed by atoms with Crippen LogP contribution < -0.4 is 20.1 Å². The number of fused-ring (bicyclic) bond motifs is 10. The van der Waals surface area contributed by atoms with Crippen molar-refractivity contribution in [1.82, 2.24) is 10.6 Å². The van der Waals surface area contributed by atoms with Crippen LogP contribution in [-0.4, -0.2) is 209 Å². The molecule has 8 rings (SSSR count). The molecule has 0 heterocycles. The first-order valence-corrected chi connectivity index (χ1v) is 52.1. The second-order valence-electron chi connectivity index (χ2n) is 32.8. The molecule has 0 aromatic heterocycles. The summed E-state index contributed by atoms with van der Waals surface area (Å²) in [5, 5.41) is 6.90. The Kier molecular flexibility index (Phi) is 42.0. The molecular formula is C77H128F6N2O24P4S4. The van der Waals surface area contributed by atoms with E-state index in [0.717, 1.165) is 161 Å². The highest BCUT2D eigenvalue weighted by molar-refractivity contribution is 8.77. The third-order valence-corrected chi connectivity index (χ3v) is 31.9. The lowest BCUT2D eigenvalue weighted by Gasteiger charge is -2.50. The van der Waals surface area contributed by atoms with Crippen molar-refractivity contribution in [2.24, 2.45) is 46.3 Å². The summed E-state index contributed by atoms with van der Waals surface area (Å²) in [7, 11) is -12.2. The Bertz CT molecular complexity index is 3480. The Morgan fingerprint density at radius 2 is 0.872 bits per heavy atom. The standard InChI is InChI=1S/C77H128F6N2O24P4S4/c1-72(2,76(78,79)80)102-40-12-38-100-70-26-24-68-66-20-16-58-50-60(18-22-62(58)64(66)28-30-74(68,70)5)98-42-34-84-32-10-46-114-116-48-44-96-36-8-14-56(52-104-110(86,87)88)54-106-112(91,92)108-109-113(93,94)107-55-57(53-105-111(89,90)95-7)15-9-37-97-45-49-117-115-47-11-33-85-35-43-99-61-19-23-63-59(51-61)17-21-67-65(63)29-31-75(6)69(67)25-27-71(75)101-39-13-41-103-73(3,4)77(81,82)83/h18-19,22-23,50-51,56-57,64-71,84-85H,8-17,20-21,24-49,52-55H2,1-7H3,(H,89,90)(H,91,92)(H,93,94)(H2,86,87,88). The number of aryl methyl sites for hydroxylation is 2. The van der Waals surface area contributed by atoms with E-state index in [1.165, 1.54) is 22.3 Å². The molecule has 676 valence electrons. The lowest BCUT2D eigenvalue weighted by molar-refractivity contribution is -0.264. The van der Waals surface area contributed by atoms with Crippen LogP contribution in [0.15, 0.2) is 36.4 Å². The Morgan fingerprint density at radius 1 is 0.470 bits per heavy atom. The molecule has 0 aliphatic heterocycles. The van der Waals surface area contributed by atoms with Gasteiger partial charge < -0.3 is 73.0 Å². The highest BCUT2D eigenvalue weighted by Gasteiger charge is 2.58. The third kappa shape index (κ3) is 33.1. The van der Waals surface area contributed by atoms with Gasteiger partial charge in [0.25, 0.3) is 0 Å². The number of halogens is 6. The molecule has 2 aromatic rings. The van der Waals surface area contributed by atoms with Gasteiger partial charge in [0.2, 0.25) is 0 Å². The summed E-state index contributed by atoms with van der Waals surface area (Å²) >= 11 is 0. The Balaban J connectivity index is 0.603. The maximum Gasteiger partial charge on any atom is 0.499 e. The number of benzene rings is 2. The van der Waals surface area contributed by atoms with Gasteiger partial charge in [0.1, 0.15) is 24.7 Å². The zero-order chi connectivity index (χ0) is 85.0. The number of rotatable bonds is 60. The number of hydrogen-bond acceptors (Lipinski definition) is 25. The van der Waals surface area contributed by atoms with Crippen molar-refractivity contribution >= 4 is 74.5 Å². The van der Waals surface area contributed by atoms with E-state index in [1.54, 1.807) is 43.2 Å². The van der Waals surface area contributed by atoms with E-state index in [0.29, 0.717) is 125 Å². The minimum absolute atomic E-state index is 0.000670. The highest BCUT2D eigenvalue weighted by atomic mass is 33.1. The van der Waals surface area contributed by atoms with Crippen molar-refractivity contribution in [2.45, 2.75) is 218 Å². The predicted octanol–water partition coefficient (Wildman–Crippen LogP) is 17.7. The maximum atomic E-state index is 13.2. The number of phosphoric acid groups is 4. The number of nitrogens with one attached hydrogen (secondary N) is 2. The number of ether oxygens (including phenoxy) is 8. The average Bonchev–Trinajstić information content (AvgIpc) is 1.64. The van der Waals surface area contributed by atoms with Crippen molar-refractivity contribution in [3.8, 4) is 11.5 Å². The molecule has 40 heteroatoms. The summed E-state index contributed by atoms with van der Waals surface area (Å²) in [6.07, 6.45) is 7.88. The molecule has 0 radical (unpaired) electrons. The van der Waals surface area contributed by atoms with Crippen molar-refractivity contribution in [1.29, 1.82) is 0 Å². The van der Waals surface area contributed by atoms with Crippen LogP contribution in [0.4, 0.5) is 26.3 Å². The van der Waals surface area contributed by atoms with Crippen LogP contribution in [-0.2, 0) is 91.5 Å². The van der Waals surface area contributed by atoms with Gasteiger partial charge in [-0.2, -0.15) is 26.3 Å². The Morgan fingerprint density at radius 3 is 1.27 bits per heavy atom. The van der Waals surface area contributed by atoms with E-state index in [9.17, 15) is 69.1 Å². The van der Waals surface area contributed by atoms with Gasteiger partial charge in [0.15, 0.2) is 11.2 Å². The van der Waals surface area contributed by atoms with Gasteiger partial charge in [-0.3, -0.25) is 22.6 Å². The molecule has 26 nitrogen and oxygen atoms in total. The van der Waals surface area contributed by atoms with Gasteiger partial charge >= 0.3 is 43.6 Å². The van der Waals surface area contributed by atoms with Gasteiger partial charge in [0, 0.05) is 94.7 Å². The molecule has 4 saturated carbocycles. The van der Waals surface area contributed by atoms with Crippen molar-refractivity contribution in [3.05, 3.63) is 58.7 Å². The summed E-state index contributed by atoms with van der Waals surface area (Å²) in [5.41, 5.74) is 1.35. The zero-order valence-electron chi connectivity index (χ0n) is 68.6. The number of hydrogen-bond donors (Lipinski definition) is 7. The molecule has 4 fully saturated rings. The number of phosphoric ester groups is 4. The van der Waals surface area contributed by atoms with Crippen LogP contribution in [0.2, 0.25) is 0 Å². The molecule has 2 aromatic carbocycles. The highest BCUT2D eigenvalue weighted by Crippen LogP contribution is 2.64. The van der Waals surface area contributed by atoms with E-state index in [2.05, 4.69) is 79.3 Å². The Labute approximate surface area is 702 Å². The molecule has 0 amide bonds. The Hall–Kier alpha value is -0.860. The smallest absolute Gasteiger partial charge is 0.492 e. The van der Waals surface area contributed by atoms with Crippen molar-refractivity contribution in [3.63, 3.8) is 0 Å². The molecular weight excluding hydrogens is 1700 g/mol. The van der Waals surface area contributed by atoms with Crippen LogP contribution in [0.1, 0.15) is 191 Å². The van der Waals surface area contributed by atoms with E-state index in [-0.39, 0.29) is 62.3 Å². The second-order valence-corrected chi connectivity index (χ2v) is 43.7. The quantitative estimate of drug-likeness (QED) is 0.00808. The fourth-order valence-electron chi connectivity index (χ4n) is 17.4. The van der Waals surface area contributed by atoms with Gasteiger partial charge in [-0.1, -0.05) is 69.2 Å². The summed E-state index contributed by atoms with van der Waals surface area (Å²) in [6.45, 7) is 12.9. The minimum Gasteiger partial charge on any atom is -0.492 e. The zero-order valence-corrected chi connectivity index (χ0v) is 75.5. The summed E-state index contributed by atoms with van der Waals surface area (Å²) in [4.78, 5) is 49.2. The first kappa shape index (κ1) is 102. The van der Waals surface area contributed by atoms with E-state index in [1.807, 2.05) is 0 Å². The summed E-state index contributed by atoms with van der Waals surface area (Å²) < 4.78 is 208. The first-order chi connectivity index (χ1) is 55.3. The normalized spacial score (nSPS) is 25.6. The number of alkyl halides is 6. The second kappa shape index (κ2) is 48.3. The molecule has 15 atom stereocenters. The van der Waals surface area contributed by atoms with Gasteiger partial charge in [-0.25, -0.2) is 18.3 Å². The summed E-state index contributed by atoms with van der Waals surface area (Å²) in [6, 6.07) is 13.1. The summed E-state index contributed by atoms with van der Waals surface area (Å²) in [5.74, 6) is 6.54. The molecule has 0 saturated heterocycles. The SMILES string of the molecule is COP(=O)(O)OCC(CCCOCCSSCCCNCCOc1ccc2c(c1)CCC1C2CCC2(C)C(OCCCOC(C)(C)C(F)(F)F)CCC12)COP(=O)(O)OOP(=O)(O)OCC(CCCOCCSSCCCNCCOc1ccc2c(c1)CCC1C2CCC2(C)C(OCCCOC(C)(C)C(F)(F)F)CCC12)COP(=O)(O)O. The molecule has 6 aliphatic carbocycles. The van der Waals surface area contributed by atoms with E-state index < -0.39 is 93.1 Å². The van der Waals surface area contributed by atoms with Crippen LogP contribution in [0, 0.1) is 46.3 Å². The van der Waals surface area contributed by atoms with Gasteiger partial charge in [-0.15, -0.1) is 9.35 Å². The predicted molar refractivity (Wildman–Crippen MR) is 440 cm³/mol. The largest absolute Gasteiger partial charge is 0.499 e. The topological polar surface area (TPSA) is 332 Å². The minimum atomic E-state index is -5.27. The van der Waals surface area contributed by atoms with E-state index in [4.69, 9.17) is 51.5 Å². The van der Waals surface area contributed by atoms with Crippen LogP contribution in [0.5, 0.6) is 11.5 Å². The fourth-order valence-corrected chi connectivity index (χ4v) is 23.7. The lowest BCUT2D eigenvalue weighted by Crippen LogP contribution is -2.45. The molecule has 0 spiro atoms. The molecule has 7 N–H and O–H groups in total. The van der Waals surface area contributed by atoms with Crippen LogP contribution in [0.3, 0.4) is 0 Å². The van der Waals surface area contributed by atoms with E-state index >= 15 is 0 Å². The molecule has 117 heavy (non-hydrogen) atoms. The molecule has 0 bridgehead atoms. The lowest BCUT2D eigenvalue weighted by atomic mass is 9.55. The third-order valence-electron chi connectivity index (χ3n) is 23.9. The molecule has 6 aliphatic rings. The van der Waals surface area contributed by atoms with Crippen LogP contribution in [0.25, 0.3) is 0 Å². The van der Waals surface area contributed by atoms with Crippen molar-refractivity contribution < 1.29 is 139 Å². The van der Waals surface area contributed by atoms with Crippen molar-refractivity contribution in [2.75, 3.05) is 149 Å². The fraction of sp³-hybridized carbons (Fsp3) is 0.844. The molecule has 15 unspecified atom stereocenters. The first-order valence-electron chi connectivity index (χ1n) is 41.1. The van der Waals surface area contributed by atoms with Gasteiger partial charge in [0.05, 0.1) is 51.8 Å². The van der Waals surface area contributed by atoms with Gasteiger partial charge in [-0.05, 0) is 262 Å². The maximum absolute atomic E-state index is 13.2. The van der Waals surface area contributed by atoms with Crippen LogP contribution >= 0.6 is 74.5 Å². The monoisotopic (exact) mass is 1830 g/mol.